The van der Waals surface area contributed by atoms with Crippen molar-refractivity contribution in [2.45, 2.75) is 52.1 Å². The summed E-state index contributed by atoms with van der Waals surface area (Å²) in [5.41, 5.74) is 1.45. The Morgan fingerprint density at radius 2 is 2.13 bits per heavy atom. The van der Waals surface area contributed by atoms with E-state index in [1.807, 2.05) is 11.3 Å². The van der Waals surface area contributed by atoms with Gasteiger partial charge in [-0.2, -0.15) is 0 Å². The van der Waals surface area contributed by atoms with Gasteiger partial charge in [0.25, 0.3) is 0 Å². The van der Waals surface area contributed by atoms with E-state index in [0.29, 0.717) is 12.6 Å². The fourth-order valence-electron chi connectivity index (χ4n) is 3.21. The van der Waals surface area contributed by atoms with Crippen LogP contribution in [0.3, 0.4) is 0 Å². The summed E-state index contributed by atoms with van der Waals surface area (Å²) in [6.45, 7) is 4.88. The van der Waals surface area contributed by atoms with Crippen LogP contribution in [0, 0.1) is 0 Å². The van der Waals surface area contributed by atoms with Gasteiger partial charge in [0.05, 0.1) is 11.9 Å². The number of anilines is 1. The molecule has 7 heteroatoms. The first kappa shape index (κ1) is 14.6. The van der Waals surface area contributed by atoms with E-state index in [1.165, 1.54) is 35.1 Å². The van der Waals surface area contributed by atoms with Gasteiger partial charge in [-0.15, -0.1) is 21.5 Å². The van der Waals surface area contributed by atoms with Gasteiger partial charge in [-0.3, -0.25) is 0 Å². The van der Waals surface area contributed by atoms with E-state index in [-0.39, 0.29) is 0 Å². The van der Waals surface area contributed by atoms with Gasteiger partial charge < -0.3 is 9.88 Å². The molecule has 4 rings (SSSR count). The molecule has 1 aliphatic carbocycles. The van der Waals surface area contributed by atoms with E-state index < -0.39 is 0 Å². The highest BCUT2D eigenvalue weighted by Crippen LogP contribution is 2.38. The van der Waals surface area contributed by atoms with E-state index in [4.69, 9.17) is 0 Å². The number of aryl methyl sites for hydroxylation is 2. The quantitative estimate of drug-likeness (QED) is 0.795. The molecule has 3 aromatic heterocycles. The SMILES string of the molecule is CC(C)n1cnnc1CNc1ncnc2sc3c(c12)CCCC3. The number of hydrogen-bond donors (Lipinski definition) is 1. The molecule has 120 valence electrons. The largest absolute Gasteiger partial charge is 0.362 e. The number of hydrogen-bond acceptors (Lipinski definition) is 6. The molecule has 0 atom stereocenters. The molecular weight excluding hydrogens is 308 g/mol. The van der Waals surface area contributed by atoms with Crippen LogP contribution >= 0.6 is 11.3 Å². The molecule has 0 fully saturated rings. The molecule has 1 N–H and O–H groups in total. The van der Waals surface area contributed by atoms with E-state index >= 15 is 0 Å². The predicted octanol–water partition coefficient (Wildman–Crippen LogP) is 3.35. The summed E-state index contributed by atoms with van der Waals surface area (Å²) in [6.07, 6.45) is 8.29. The Morgan fingerprint density at radius 3 is 3.00 bits per heavy atom. The van der Waals surface area contributed by atoms with E-state index in [1.54, 1.807) is 12.7 Å². The first-order valence-electron chi connectivity index (χ1n) is 8.11. The molecule has 0 aliphatic heterocycles. The normalized spacial score (nSPS) is 14.4. The second kappa shape index (κ2) is 5.88. The lowest BCUT2D eigenvalue weighted by Crippen LogP contribution is -2.11. The highest BCUT2D eigenvalue weighted by Gasteiger charge is 2.20. The molecule has 0 aromatic carbocycles. The lowest BCUT2D eigenvalue weighted by Gasteiger charge is -2.13. The molecule has 6 nitrogen and oxygen atoms in total. The minimum absolute atomic E-state index is 0.348. The van der Waals surface area contributed by atoms with E-state index in [2.05, 4.69) is 43.9 Å². The Hall–Kier alpha value is -2.02. The summed E-state index contributed by atoms with van der Waals surface area (Å²) in [4.78, 5) is 11.5. The highest BCUT2D eigenvalue weighted by atomic mass is 32.1. The molecule has 0 radical (unpaired) electrons. The number of nitrogens with one attached hydrogen (secondary N) is 1. The third-order valence-corrected chi connectivity index (χ3v) is 5.57. The van der Waals surface area contributed by atoms with Gasteiger partial charge in [-0.05, 0) is 45.1 Å². The second-order valence-electron chi connectivity index (χ2n) is 6.22. The maximum Gasteiger partial charge on any atom is 0.152 e. The first-order valence-corrected chi connectivity index (χ1v) is 8.93. The molecule has 0 spiro atoms. The number of thiophene rings is 1. The average Bonchev–Trinajstić information content (AvgIpc) is 3.17. The molecule has 0 unspecified atom stereocenters. The Bertz CT molecular complexity index is 834. The van der Waals surface area contributed by atoms with Gasteiger partial charge in [0, 0.05) is 10.9 Å². The monoisotopic (exact) mass is 328 g/mol. The number of rotatable bonds is 4. The second-order valence-corrected chi connectivity index (χ2v) is 7.30. The van der Waals surface area contributed by atoms with Crippen molar-refractivity contribution in [3.05, 3.63) is 28.9 Å². The zero-order valence-corrected chi connectivity index (χ0v) is 14.2. The zero-order valence-electron chi connectivity index (χ0n) is 13.4. The summed E-state index contributed by atoms with van der Waals surface area (Å²) in [5, 5.41) is 12.9. The van der Waals surface area contributed by atoms with E-state index in [9.17, 15) is 0 Å². The molecule has 1 aliphatic rings. The minimum Gasteiger partial charge on any atom is -0.362 e. The fraction of sp³-hybridized carbons (Fsp3) is 0.500. The Balaban J connectivity index is 1.66. The van der Waals surface area contributed by atoms with Gasteiger partial charge in [0.15, 0.2) is 5.82 Å². The van der Waals surface area contributed by atoms with Crippen LogP contribution in [0.2, 0.25) is 0 Å². The highest BCUT2D eigenvalue weighted by molar-refractivity contribution is 7.19. The number of aromatic nitrogens is 5. The van der Waals surface area contributed by atoms with Gasteiger partial charge in [-0.25, -0.2) is 9.97 Å². The Morgan fingerprint density at radius 1 is 1.26 bits per heavy atom. The van der Waals surface area contributed by atoms with Crippen LogP contribution in [0.5, 0.6) is 0 Å². The van der Waals surface area contributed by atoms with Gasteiger partial charge >= 0.3 is 0 Å². The lowest BCUT2D eigenvalue weighted by molar-refractivity contribution is 0.572. The van der Waals surface area contributed by atoms with Gasteiger partial charge in [-0.1, -0.05) is 0 Å². The lowest BCUT2D eigenvalue weighted by atomic mass is 9.97. The molecule has 0 amide bonds. The van der Waals surface area contributed by atoms with Crippen LogP contribution in [0.4, 0.5) is 5.82 Å². The first-order chi connectivity index (χ1) is 11.2. The van der Waals surface area contributed by atoms with Crippen molar-refractivity contribution < 1.29 is 0 Å². The summed E-state index contributed by atoms with van der Waals surface area (Å²) >= 11 is 1.82. The van der Waals surface area contributed by atoms with Crippen molar-refractivity contribution in [3.63, 3.8) is 0 Å². The Kier molecular flexibility index (Phi) is 3.72. The third-order valence-electron chi connectivity index (χ3n) is 4.37. The van der Waals surface area contributed by atoms with Crippen molar-refractivity contribution in [1.29, 1.82) is 0 Å². The molecular formula is C16H20N6S. The molecule has 23 heavy (non-hydrogen) atoms. The summed E-state index contributed by atoms with van der Waals surface area (Å²) in [5.74, 6) is 1.85. The van der Waals surface area contributed by atoms with Crippen LogP contribution in [-0.2, 0) is 19.4 Å². The van der Waals surface area contributed by atoms with Crippen molar-refractivity contribution in [3.8, 4) is 0 Å². The van der Waals surface area contributed by atoms with Crippen LogP contribution in [0.1, 0.15) is 49.0 Å². The standard InChI is InChI=1S/C16H20N6S/c1-10(2)22-9-20-21-13(22)7-17-15-14-11-5-3-4-6-12(11)23-16(14)19-8-18-15/h8-10H,3-7H2,1-2H3,(H,17,18,19). The maximum absolute atomic E-state index is 4.49. The summed E-state index contributed by atoms with van der Waals surface area (Å²) in [6, 6.07) is 0.348. The van der Waals surface area contributed by atoms with Crippen molar-refractivity contribution >= 4 is 27.4 Å². The topological polar surface area (TPSA) is 68.5 Å². The molecule has 0 bridgehead atoms. The predicted molar refractivity (Wildman–Crippen MR) is 91.8 cm³/mol. The van der Waals surface area contributed by atoms with Gasteiger partial charge in [0.2, 0.25) is 0 Å². The summed E-state index contributed by atoms with van der Waals surface area (Å²) < 4.78 is 2.08. The molecule has 3 heterocycles. The zero-order chi connectivity index (χ0) is 15.8. The molecule has 0 saturated heterocycles. The van der Waals surface area contributed by atoms with Crippen molar-refractivity contribution in [1.82, 2.24) is 24.7 Å². The fourth-order valence-corrected chi connectivity index (χ4v) is 4.44. The van der Waals surface area contributed by atoms with Crippen LogP contribution in [-0.4, -0.2) is 24.7 Å². The number of fused-ring (bicyclic) bond motifs is 3. The average molecular weight is 328 g/mol. The molecule has 3 aromatic rings. The van der Waals surface area contributed by atoms with Crippen LogP contribution in [0.25, 0.3) is 10.2 Å². The maximum atomic E-state index is 4.49. The Labute approximate surface area is 139 Å². The van der Waals surface area contributed by atoms with Crippen LogP contribution < -0.4 is 5.32 Å². The molecule has 0 saturated carbocycles. The van der Waals surface area contributed by atoms with Crippen molar-refractivity contribution in [2.24, 2.45) is 0 Å². The number of nitrogens with zero attached hydrogens (tertiary/aromatic N) is 5. The van der Waals surface area contributed by atoms with Crippen LogP contribution in [0.15, 0.2) is 12.7 Å². The van der Waals surface area contributed by atoms with E-state index in [0.717, 1.165) is 22.9 Å². The van der Waals surface area contributed by atoms with Crippen molar-refractivity contribution in [2.75, 3.05) is 5.32 Å². The summed E-state index contributed by atoms with van der Waals surface area (Å²) in [7, 11) is 0. The van der Waals surface area contributed by atoms with Gasteiger partial charge in [0.1, 0.15) is 23.3 Å². The minimum atomic E-state index is 0.348. The third kappa shape index (κ3) is 2.59. The smallest absolute Gasteiger partial charge is 0.152 e.